The fourth-order valence-corrected chi connectivity index (χ4v) is 2.15. The van der Waals surface area contributed by atoms with E-state index in [0.29, 0.717) is 22.7 Å². The first kappa shape index (κ1) is 16.8. The van der Waals surface area contributed by atoms with Gasteiger partial charge >= 0.3 is 0 Å². The van der Waals surface area contributed by atoms with Gasteiger partial charge in [0, 0.05) is 11.1 Å². The van der Waals surface area contributed by atoms with Crippen LogP contribution in [-0.4, -0.2) is 43.9 Å². The van der Waals surface area contributed by atoms with E-state index in [4.69, 9.17) is 14.9 Å². The molecule has 0 fully saturated rings. The molecular formula is C16H17N5O4. The van der Waals surface area contributed by atoms with Crippen LogP contribution in [0, 0.1) is 0 Å². The smallest absolute Gasteiger partial charge is 0.248 e. The molecule has 1 atom stereocenters. The van der Waals surface area contributed by atoms with E-state index in [-0.39, 0.29) is 19.8 Å². The molecular weight excluding hydrogens is 326 g/mol. The zero-order chi connectivity index (χ0) is 17.6. The average Bonchev–Trinajstić information content (AvgIpc) is 3.27. The van der Waals surface area contributed by atoms with Crippen molar-refractivity contribution in [1.29, 1.82) is 0 Å². The second-order valence-electron chi connectivity index (χ2n) is 5.36. The molecule has 3 rings (SSSR count). The number of benzene rings is 1. The Kier molecular flexibility index (Phi) is 5.17. The van der Waals surface area contributed by atoms with Crippen molar-refractivity contribution in [2.45, 2.75) is 19.3 Å². The maximum atomic E-state index is 11.1. The van der Waals surface area contributed by atoms with Gasteiger partial charge in [0.2, 0.25) is 11.7 Å². The zero-order valence-corrected chi connectivity index (χ0v) is 13.3. The van der Waals surface area contributed by atoms with Crippen molar-refractivity contribution in [3.8, 4) is 11.4 Å². The molecule has 25 heavy (non-hydrogen) atoms. The van der Waals surface area contributed by atoms with Crippen LogP contribution in [0.3, 0.4) is 0 Å². The first-order chi connectivity index (χ1) is 12.1. The van der Waals surface area contributed by atoms with E-state index in [9.17, 15) is 9.90 Å². The fourth-order valence-electron chi connectivity index (χ4n) is 2.15. The van der Waals surface area contributed by atoms with Crippen molar-refractivity contribution in [2.24, 2.45) is 5.73 Å². The number of tetrazole rings is 1. The van der Waals surface area contributed by atoms with E-state index in [2.05, 4.69) is 15.4 Å². The van der Waals surface area contributed by atoms with E-state index < -0.39 is 12.0 Å². The summed E-state index contributed by atoms with van der Waals surface area (Å²) >= 11 is 0. The van der Waals surface area contributed by atoms with Crippen LogP contribution in [0.15, 0.2) is 47.1 Å². The molecule has 0 saturated heterocycles. The van der Waals surface area contributed by atoms with Crippen LogP contribution < -0.4 is 5.73 Å². The highest BCUT2D eigenvalue weighted by molar-refractivity contribution is 5.93. The summed E-state index contributed by atoms with van der Waals surface area (Å²) in [6.45, 7) is 0.543. The maximum Gasteiger partial charge on any atom is 0.248 e. The molecule has 0 unspecified atom stereocenters. The molecule has 9 nitrogen and oxygen atoms in total. The Morgan fingerprint density at radius 1 is 1.32 bits per heavy atom. The molecule has 130 valence electrons. The van der Waals surface area contributed by atoms with Gasteiger partial charge < -0.3 is 20.0 Å². The van der Waals surface area contributed by atoms with Crippen molar-refractivity contribution in [1.82, 2.24) is 20.2 Å². The van der Waals surface area contributed by atoms with Crippen molar-refractivity contribution in [2.75, 3.05) is 6.61 Å². The third-order valence-electron chi connectivity index (χ3n) is 3.39. The minimum absolute atomic E-state index is 0.116. The molecule has 1 amide bonds. The number of aliphatic hydroxyl groups excluding tert-OH is 1. The van der Waals surface area contributed by atoms with Crippen LogP contribution in [0.1, 0.15) is 16.1 Å². The lowest BCUT2D eigenvalue weighted by Gasteiger charge is -2.09. The summed E-state index contributed by atoms with van der Waals surface area (Å²) in [5.41, 5.74) is 6.30. The van der Waals surface area contributed by atoms with Crippen LogP contribution in [0.5, 0.6) is 0 Å². The average molecular weight is 343 g/mol. The predicted octanol–water partition coefficient (Wildman–Crippen LogP) is 0.610. The monoisotopic (exact) mass is 343 g/mol. The topological polar surface area (TPSA) is 129 Å². The van der Waals surface area contributed by atoms with E-state index in [0.717, 1.165) is 0 Å². The maximum absolute atomic E-state index is 11.1. The number of carbonyl (C=O) groups is 1. The number of nitrogens with two attached hydrogens (primary N) is 1. The third-order valence-corrected chi connectivity index (χ3v) is 3.39. The fraction of sp³-hybridized carbons (Fsp3) is 0.250. The number of amides is 1. The summed E-state index contributed by atoms with van der Waals surface area (Å²) in [6, 6.07) is 10.1. The number of ether oxygens (including phenoxy) is 1. The van der Waals surface area contributed by atoms with Gasteiger partial charge in [-0.25, -0.2) is 0 Å². The van der Waals surface area contributed by atoms with Gasteiger partial charge in [-0.3, -0.25) is 4.79 Å². The number of aliphatic hydroxyl groups is 1. The molecule has 0 radical (unpaired) electrons. The third kappa shape index (κ3) is 4.49. The van der Waals surface area contributed by atoms with Gasteiger partial charge in [0.25, 0.3) is 0 Å². The van der Waals surface area contributed by atoms with Gasteiger partial charge in [0.1, 0.15) is 12.4 Å². The number of rotatable bonds is 8. The highest BCUT2D eigenvalue weighted by atomic mass is 16.5. The molecule has 2 aromatic heterocycles. The van der Waals surface area contributed by atoms with E-state index in [1.165, 1.54) is 4.80 Å². The Balaban J connectivity index is 1.53. The number of aromatic nitrogens is 4. The first-order valence-corrected chi connectivity index (χ1v) is 7.58. The lowest BCUT2D eigenvalue weighted by molar-refractivity contribution is 0.0111. The van der Waals surface area contributed by atoms with E-state index >= 15 is 0 Å². The summed E-state index contributed by atoms with van der Waals surface area (Å²) < 4.78 is 10.5. The minimum atomic E-state index is -0.783. The van der Waals surface area contributed by atoms with Gasteiger partial charge in [0.15, 0.2) is 0 Å². The van der Waals surface area contributed by atoms with E-state index in [1.54, 1.807) is 42.7 Å². The summed E-state index contributed by atoms with van der Waals surface area (Å²) in [7, 11) is 0. The van der Waals surface area contributed by atoms with Crippen molar-refractivity contribution in [3.63, 3.8) is 0 Å². The Hall–Kier alpha value is -3.04. The molecule has 0 aliphatic rings. The van der Waals surface area contributed by atoms with Crippen LogP contribution in [0.2, 0.25) is 0 Å². The molecule has 9 heteroatoms. The molecule has 2 heterocycles. The number of nitrogens with zero attached hydrogens (tertiary/aromatic N) is 4. The lowest BCUT2D eigenvalue weighted by Crippen LogP contribution is -2.23. The molecule has 0 saturated carbocycles. The highest BCUT2D eigenvalue weighted by Crippen LogP contribution is 2.14. The standard InChI is InChI=1S/C16H17N5O4/c17-15(23)11-3-5-12(6-4-11)16-18-20-21(19-16)8-13(22)9-24-10-14-2-1-7-25-14/h1-7,13,22H,8-10H2,(H2,17,23)/t13-/m1/s1. The number of furan rings is 1. The first-order valence-electron chi connectivity index (χ1n) is 7.58. The normalized spacial score (nSPS) is 12.2. The SMILES string of the molecule is NC(=O)c1ccc(-c2nnn(C[C@@H](O)COCc3ccco3)n2)cc1. The quantitative estimate of drug-likeness (QED) is 0.613. The van der Waals surface area contributed by atoms with Crippen LogP contribution in [-0.2, 0) is 17.9 Å². The van der Waals surface area contributed by atoms with Gasteiger partial charge in [-0.2, -0.15) is 4.80 Å². The van der Waals surface area contributed by atoms with Crippen LogP contribution in [0.25, 0.3) is 11.4 Å². The van der Waals surface area contributed by atoms with Gasteiger partial charge in [-0.15, -0.1) is 10.2 Å². The largest absolute Gasteiger partial charge is 0.467 e. The second-order valence-corrected chi connectivity index (χ2v) is 5.36. The minimum Gasteiger partial charge on any atom is -0.467 e. The molecule has 0 bridgehead atoms. The number of primary amides is 1. The molecule has 0 aliphatic heterocycles. The predicted molar refractivity (Wildman–Crippen MR) is 86.1 cm³/mol. The van der Waals surface area contributed by atoms with Crippen molar-refractivity contribution in [3.05, 3.63) is 54.0 Å². The molecule has 0 spiro atoms. The van der Waals surface area contributed by atoms with Gasteiger partial charge in [-0.1, -0.05) is 12.1 Å². The van der Waals surface area contributed by atoms with E-state index in [1.807, 2.05) is 0 Å². The van der Waals surface area contributed by atoms with Crippen LogP contribution >= 0.6 is 0 Å². The van der Waals surface area contributed by atoms with Crippen molar-refractivity contribution < 1.29 is 19.1 Å². The van der Waals surface area contributed by atoms with Crippen molar-refractivity contribution >= 4 is 5.91 Å². The number of hydrogen-bond acceptors (Lipinski definition) is 7. The number of hydrogen-bond donors (Lipinski definition) is 2. The van der Waals surface area contributed by atoms with Crippen LogP contribution in [0.4, 0.5) is 0 Å². The molecule has 3 N–H and O–H groups in total. The summed E-state index contributed by atoms with van der Waals surface area (Å²) in [5.74, 6) is 0.577. The van der Waals surface area contributed by atoms with Gasteiger partial charge in [-0.05, 0) is 29.5 Å². The lowest BCUT2D eigenvalue weighted by atomic mass is 10.1. The van der Waals surface area contributed by atoms with Gasteiger partial charge in [0.05, 0.1) is 25.5 Å². The Labute approximate surface area is 143 Å². The Bertz CT molecular complexity index is 813. The summed E-state index contributed by atoms with van der Waals surface area (Å²) in [5, 5.41) is 22.0. The highest BCUT2D eigenvalue weighted by Gasteiger charge is 2.11. The Morgan fingerprint density at radius 3 is 2.80 bits per heavy atom. The summed E-state index contributed by atoms with van der Waals surface area (Å²) in [4.78, 5) is 12.4. The molecule has 3 aromatic rings. The zero-order valence-electron chi connectivity index (χ0n) is 13.3. The molecule has 0 aliphatic carbocycles. The number of carbonyl (C=O) groups excluding carboxylic acids is 1. The Morgan fingerprint density at radius 2 is 2.12 bits per heavy atom. The molecule has 1 aromatic carbocycles. The second kappa shape index (κ2) is 7.69. The summed E-state index contributed by atoms with van der Waals surface area (Å²) in [6.07, 6.45) is 0.778.